The largest absolute Gasteiger partial charge is 0.493 e. The van der Waals surface area contributed by atoms with E-state index in [0.29, 0.717) is 29.3 Å². The SMILES string of the molecule is Cc1cc(C)c2c(c1)c(N=O)c(O)n2CCOc1ccc(Cl)cc1. The van der Waals surface area contributed by atoms with Crippen LogP contribution in [-0.4, -0.2) is 16.3 Å². The van der Waals surface area contributed by atoms with Gasteiger partial charge in [0.25, 0.3) is 0 Å². The lowest BCUT2D eigenvalue weighted by Crippen LogP contribution is -2.08. The Morgan fingerprint density at radius 3 is 2.58 bits per heavy atom. The van der Waals surface area contributed by atoms with Crippen molar-refractivity contribution in [1.82, 2.24) is 4.57 Å². The predicted octanol–water partition coefficient (Wildman–Crippen LogP) is 5.09. The second kappa shape index (κ2) is 6.53. The molecule has 124 valence electrons. The molecule has 3 aromatic rings. The number of aryl methyl sites for hydroxylation is 2. The van der Waals surface area contributed by atoms with Gasteiger partial charge in [-0.3, -0.25) is 0 Å². The highest BCUT2D eigenvalue weighted by atomic mass is 35.5. The van der Waals surface area contributed by atoms with Crippen molar-refractivity contribution in [3.63, 3.8) is 0 Å². The smallest absolute Gasteiger partial charge is 0.222 e. The summed E-state index contributed by atoms with van der Waals surface area (Å²) >= 11 is 5.84. The Morgan fingerprint density at radius 2 is 1.92 bits per heavy atom. The van der Waals surface area contributed by atoms with Crippen LogP contribution < -0.4 is 4.74 Å². The molecule has 0 aliphatic heterocycles. The number of nitroso groups, excluding NO2 is 1. The van der Waals surface area contributed by atoms with Gasteiger partial charge < -0.3 is 14.4 Å². The van der Waals surface area contributed by atoms with Gasteiger partial charge in [0, 0.05) is 10.4 Å². The van der Waals surface area contributed by atoms with E-state index in [-0.39, 0.29) is 11.6 Å². The quantitative estimate of drug-likeness (QED) is 0.655. The van der Waals surface area contributed by atoms with Crippen LogP contribution in [0.3, 0.4) is 0 Å². The van der Waals surface area contributed by atoms with Gasteiger partial charge >= 0.3 is 0 Å². The minimum absolute atomic E-state index is 0.0725. The molecule has 0 spiro atoms. The molecule has 5 nitrogen and oxygen atoms in total. The van der Waals surface area contributed by atoms with Crippen molar-refractivity contribution in [3.05, 3.63) is 57.5 Å². The topological polar surface area (TPSA) is 63.8 Å². The monoisotopic (exact) mass is 344 g/mol. The molecule has 0 fully saturated rings. The Morgan fingerprint density at radius 1 is 1.21 bits per heavy atom. The summed E-state index contributed by atoms with van der Waals surface area (Å²) in [6, 6.07) is 10.9. The zero-order chi connectivity index (χ0) is 17.3. The summed E-state index contributed by atoms with van der Waals surface area (Å²) in [5, 5.41) is 14.7. The van der Waals surface area contributed by atoms with Gasteiger partial charge in [-0.15, -0.1) is 4.91 Å². The van der Waals surface area contributed by atoms with Crippen molar-refractivity contribution in [3.8, 4) is 11.6 Å². The third kappa shape index (κ3) is 2.95. The lowest BCUT2D eigenvalue weighted by atomic mass is 10.1. The molecule has 0 aliphatic carbocycles. The van der Waals surface area contributed by atoms with E-state index < -0.39 is 0 Å². The molecule has 0 saturated heterocycles. The maximum Gasteiger partial charge on any atom is 0.222 e. The number of benzene rings is 2. The molecule has 0 unspecified atom stereocenters. The molecular weight excluding hydrogens is 328 g/mol. The number of rotatable bonds is 5. The van der Waals surface area contributed by atoms with Crippen LogP contribution in [0.5, 0.6) is 11.6 Å². The number of hydrogen-bond acceptors (Lipinski definition) is 4. The van der Waals surface area contributed by atoms with Crippen LogP contribution >= 0.6 is 11.6 Å². The molecular formula is C18H17ClN2O3. The Hall–Kier alpha value is -2.53. The molecule has 3 rings (SSSR count). The summed E-state index contributed by atoms with van der Waals surface area (Å²) in [7, 11) is 0. The van der Waals surface area contributed by atoms with E-state index in [4.69, 9.17) is 16.3 Å². The molecule has 0 atom stereocenters. The summed E-state index contributed by atoms with van der Waals surface area (Å²) in [6.45, 7) is 4.62. The Labute approximate surface area is 144 Å². The van der Waals surface area contributed by atoms with Crippen molar-refractivity contribution in [2.45, 2.75) is 20.4 Å². The van der Waals surface area contributed by atoms with Gasteiger partial charge in [0.05, 0.1) is 12.1 Å². The highest BCUT2D eigenvalue weighted by Gasteiger charge is 2.19. The molecule has 0 bridgehead atoms. The van der Waals surface area contributed by atoms with Gasteiger partial charge in [0.2, 0.25) is 5.88 Å². The highest BCUT2D eigenvalue weighted by Crippen LogP contribution is 2.40. The Kier molecular flexibility index (Phi) is 4.44. The maximum atomic E-state index is 11.1. The van der Waals surface area contributed by atoms with Crippen LogP contribution in [0.4, 0.5) is 5.69 Å². The maximum absolute atomic E-state index is 11.1. The average molecular weight is 345 g/mol. The number of ether oxygens (including phenoxy) is 1. The first kappa shape index (κ1) is 16.3. The number of aromatic hydroxyl groups is 1. The van der Waals surface area contributed by atoms with Gasteiger partial charge in [-0.05, 0) is 54.9 Å². The summed E-state index contributed by atoms with van der Waals surface area (Å²) in [5.41, 5.74) is 2.86. The molecule has 0 aliphatic rings. The summed E-state index contributed by atoms with van der Waals surface area (Å²) in [6.07, 6.45) is 0. The third-order valence-corrected chi connectivity index (χ3v) is 4.18. The molecule has 1 heterocycles. The van der Waals surface area contributed by atoms with Crippen molar-refractivity contribution in [2.24, 2.45) is 5.18 Å². The van der Waals surface area contributed by atoms with E-state index in [1.165, 1.54) is 0 Å². The summed E-state index contributed by atoms with van der Waals surface area (Å²) < 4.78 is 7.34. The molecule has 2 aromatic carbocycles. The van der Waals surface area contributed by atoms with Crippen molar-refractivity contribution in [1.29, 1.82) is 0 Å². The van der Waals surface area contributed by atoms with E-state index >= 15 is 0 Å². The van der Waals surface area contributed by atoms with Crippen LogP contribution in [0.25, 0.3) is 10.9 Å². The minimum atomic E-state index is -0.131. The van der Waals surface area contributed by atoms with Gasteiger partial charge in [-0.25, -0.2) is 0 Å². The Bertz CT molecular complexity index is 901. The van der Waals surface area contributed by atoms with Crippen LogP contribution in [0.15, 0.2) is 41.6 Å². The average Bonchev–Trinajstić information content (AvgIpc) is 2.81. The molecule has 6 heteroatoms. The van der Waals surface area contributed by atoms with Gasteiger partial charge in [-0.1, -0.05) is 23.2 Å². The zero-order valence-electron chi connectivity index (χ0n) is 13.4. The van der Waals surface area contributed by atoms with Crippen molar-refractivity contribution in [2.75, 3.05) is 6.61 Å². The first-order valence-corrected chi connectivity index (χ1v) is 7.93. The van der Waals surface area contributed by atoms with E-state index in [1.807, 2.05) is 26.0 Å². The second-order valence-corrected chi connectivity index (χ2v) is 6.13. The normalized spacial score (nSPS) is 11.0. The van der Waals surface area contributed by atoms with Crippen molar-refractivity contribution < 1.29 is 9.84 Å². The van der Waals surface area contributed by atoms with Gasteiger partial charge in [0.15, 0.2) is 5.69 Å². The zero-order valence-corrected chi connectivity index (χ0v) is 14.2. The first-order chi connectivity index (χ1) is 11.5. The lowest BCUT2D eigenvalue weighted by molar-refractivity contribution is 0.290. The Balaban J connectivity index is 1.90. The van der Waals surface area contributed by atoms with Gasteiger partial charge in [-0.2, -0.15) is 0 Å². The number of nitrogens with zero attached hydrogens (tertiary/aromatic N) is 2. The fourth-order valence-electron chi connectivity index (χ4n) is 2.95. The highest BCUT2D eigenvalue weighted by molar-refractivity contribution is 6.30. The van der Waals surface area contributed by atoms with Crippen LogP contribution in [0.2, 0.25) is 5.02 Å². The molecule has 1 aromatic heterocycles. The molecule has 0 amide bonds. The molecule has 0 radical (unpaired) electrons. The van der Waals surface area contributed by atoms with Gasteiger partial charge in [0.1, 0.15) is 12.4 Å². The predicted molar refractivity (Wildman–Crippen MR) is 95.5 cm³/mol. The molecule has 24 heavy (non-hydrogen) atoms. The standard InChI is InChI=1S/C18H17ClN2O3/c1-11-9-12(2)17-15(10-11)16(20-23)18(22)21(17)7-8-24-14-5-3-13(19)4-6-14/h3-6,9-10,22H,7-8H2,1-2H3. The number of hydrogen-bond donors (Lipinski definition) is 1. The first-order valence-electron chi connectivity index (χ1n) is 7.55. The number of fused-ring (bicyclic) bond motifs is 1. The fraction of sp³-hybridized carbons (Fsp3) is 0.222. The van der Waals surface area contributed by atoms with E-state index in [1.54, 1.807) is 28.8 Å². The second-order valence-electron chi connectivity index (χ2n) is 5.70. The van der Waals surface area contributed by atoms with Crippen LogP contribution in [-0.2, 0) is 6.54 Å². The lowest BCUT2D eigenvalue weighted by Gasteiger charge is -2.11. The van der Waals surface area contributed by atoms with E-state index in [9.17, 15) is 10.0 Å². The minimum Gasteiger partial charge on any atom is -0.493 e. The van der Waals surface area contributed by atoms with Crippen LogP contribution in [0.1, 0.15) is 11.1 Å². The fourth-order valence-corrected chi connectivity index (χ4v) is 3.07. The molecule has 1 N–H and O–H groups in total. The van der Waals surface area contributed by atoms with E-state index in [2.05, 4.69) is 5.18 Å². The number of aromatic nitrogens is 1. The third-order valence-electron chi connectivity index (χ3n) is 3.93. The van der Waals surface area contributed by atoms with Crippen molar-refractivity contribution >= 4 is 28.2 Å². The summed E-state index contributed by atoms with van der Waals surface area (Å²) in [4.78, 5) is 11.1. The summed E-state index contributed by atoms with van der Waals surface area (Å²) in [5.74, 6) is 0.560. The number of halogens is 1. The molecule has 0 saturated carbocycles. The van der Waals surface area contributed by atoms with Crippen LogP contribution in [0, 0.1) is 18.8 Å². The van der Waals surface area contributed by atoms with E-state index in [0.717, 1.165) is 16.6 Å².